The lowest BCUT2D eigenvalue weighted by Gasteiger charge is -2.07. The highest BCUT2D eigenvalue weighted by molar-refractivity contribution is 5.90. The van der Waals surface area contributed by atoms with E-state index in [0.29, 0.717) is 24.6 Å². The SMILES string of the molecule is CNCCNC(=O)c1nc(C(C)C)n(-c2cccc(F)c2)n1.Cl. The zero-order valence-corrected chi connectivity index (χ0v) is 14.2. The van der Waals surface area contributed by atoms with Crippen molar-refractivity contribution < 1.29 is 9.18 Å². The number of benzene rings is 1. The Morgan fingerprint density at radius 1 is 1.35 bits per heavy atom. The minimum absolute atomic E-state index is 0. The number of hydrogen-bond acceptors (Lipinski definition) is 4. The highest BCUT2D eigenvalue weighted by atomic mass is 35.5. The van der Waals surface area contributed by atoms with Crippen molar-refractivity contribution in [3.05, 3.63) is 41.7 Å². The summed E-state index contributed by atoms with van der Waals surface area (Å²) in [6.07, 6.45) is 0. The van der Waals surface area contributed by atoms with Crippen molar-refractivity contribution in [3.63, 3.8) is 0 Å². The summed E-state index contributed by atoms with van der Waals surface area (Å²) in [5, 5.41) is 9.90. The summed E-state index contributed by atoms with van der Waals surface area (Å²) in [6, 6.07) is 6.06. The second-order valence-electron chi connectivity index (χ2n) is 5.20. The molecule has 23 heavy (non-hydrogen) atoms. The summed E-state index contributed by atoms with van der Waals surface area (Å²) < 4.78 is 14.9. The number of amides is 1. The monoisotopic (exact) mass is 341 g/mol. The van der Waals surface area contributed by atoms with Gasteiger partial charge in [-0.25, -0.2) is 14.1 Å². The highest BCUT2D eigenvalue weighted by Gasteiger charge is 2.19. The van der Waals surface area contributed by atoms with Gasteiger partial charge in [0.05, 0.1) is 5.69 Å². The summed E-state index contributed by atoms with van der Waals surface area (Å²) in [7, 11) is 1.81. The first kappa shape index (κ1) is 19.1. The van der Waals surface area contributed by atoms with Crippen LogP contribution < -0.4 is 10.6 Å². The fourth-order valence-electron chi connectivity index (χ4n) is 1.97. The van der Waals surface area contributed by atoms with Crippen LogP contribution in [0.5, 0.6) is 0 Å². The van der Waals surface area contributed by atoms with Gasteiger partial charge in [-0.1, -0.05) is 19.9 Å². The fourth-order valence-corrected chi connectivity index (χ4v) is 1.97. The molecule has 0 unspecified atom stereocenters. The lowest BCUT2D eigenvalue weighted by molar-refractivity contribution is 0.0944. The van der Waals surface area contributed by atoms with Gasteiger partial charge in [0.15, 0.2) is 0 Å². The molecule has 0 fully saturated rings. The first-order valence-corrected chi connectivity index (χ1v) is 7.18. The van der Waals surface area contributed by atoms with Crippen LogP contribution in [0.3, 0.4) is 0 Å². The molecule has 0 aliphatic rings. The molecule has 1 aromatic heterocycles. The molecule has 0 atom stereocenters. The topological polar surface area (TPSA) is 71.8 Å². The molecule has 2 N–H and O–H groups in total. The van der Waals surface area contributed by atoms with Crippen molar-refractivity contribution in [1.29, 1.82) is 0 Å². The molecule has 1 aromatic carbocycles. The summed E-state index contributed by atoms with van der Waals surface area (Å²) in [4.78, 5) is 16.3. The van der Waals surface area contributed by atoms with Gasteiger partial charge in [0.2, 0.25) is 5.82 Å². The number of carbonyl (C=O) groups is 1. The van der Waals surface area contributed by atoms with E-state index in [1.54, 1.807) is 19.2 Å². The van der Waals surface area contributed by atoms with E-state index in [0.717, 1.165) is 0 Å². The molecule has 0 saturated heterocycles. The number of carbonyl (C=O) groups excluding carboxylic acids is 1. The Hall–Kier alpha value is -1.99. The number of aromatic nitrogens is 3. The van der Waals surface area contributed by atoms with Crippen molar-refractivity contribution in [2.24, 2.45) is 0 Å². The lowest BCUT2D eigenvalue weighted by Crippen LogP contribution is -2.31. The first-order valence-electron chi connectivity index (χ1n) is 7.18. The van der Waals surface area contributed by atoms with Gasteiger partial charge in [-0.3, -0.25) is 4.79 Å². The fraction of sp³-hybridized carbons (Fsp3) is 0.400. The number of nitrogens with one attached hydrogen (secondary N) is 2. The average molecular weight is 342 g/mol. The number of nitrogens with zero attached hydrogens (tertiary/aromatic N) is 3. The van der Waals surface area contributed by atoms with Crippen molar-refractivity contribution in [2.45, 2.75) is 19.8 Å². The predicted molar refractivity (Wildman–Crippen MR) is 88.9 cm³/mol. The maximum Gasteiger partial charge on any atom is 0.291 e. The molecule has 0 radical (unpaired) electrons. The molecule has 0 spiro atoms. The van der Waals surface area contributed by atoms with Gasteiger partial charge in [0.1, 0.15) is 11.6 Å². The third kappa shape index (κ3) is 4.74. The maximum absolute atomic E-state index is 13.4. The molecule has 0 bridgehead atoms. The third-order valence-electron chi connectivity index (χ3n) is 3.06. The number of rotatable bonds is 6. The highest BCUT2D eigenvalue weighted by Crippen LogP contribution is 2.18. The molecule has 0 saturated carbocycles. The van der Waals surface area contributed by atoms with Gasteiger partial charge in [0.25, 0.3) is 5.91 Å². The zero-order valence-electron chi connectivity index (χ0n) is 13.3. The number of likely N-dealkylation sites (N-methyl/N-ethyl adjacent to an activating group) is 1. The molecule has 0 aliphatic carbocycles. The van der Waals surface area contributed by atoms with Gasteiger partial charge in [0, 0.05) is 19.0 Å². The largest absolute Gasteiger partial charge is 0.348 e. The van der Waals surface area contributed by atoms with E-state index in [4.69, 9.17) is 0 Å². The van der Waals surface area contributed by atoms with Crippen LogP contribution in [0.15, 0.2) is 24.3 Å². The summed E-state index contributed by atoms with van der Waals surface area (Å²) >= 11 is 0. The van der Waals surface area contributed by atoms with Crippen LogP contribution >= 0.6 is 12.4 Å². The van der Waals surface area contributed by atoms with Crippen molar-refractivity contribution in [3.8, 4) is 5.69 Å². The minimum Gasteiger partial charge on any atom is -0.348 e. The standard InChI is InChI=1S/C15H20FN5O.ClH/c1-10(2)14-19-13(15(22)18-8-7-17-3)20-21(14)12-6-4-5-11(16)9-12;/h4-6,9-10,17H,7-8H2,1-3H3,(H,18,22);1H. The predicted octanol–water partition coefficient (Wildman–Crippen LogP) is 1.90. The van der Waals surface area contributed by atoms with Crippen LogP contribution in [0, 0.1) is 5.82 Å². The van der Waals surface area contributed by atoms with Crippen LogP contribution in [0.4, 0.5) is 4.39 Å². The van der Waals surface area contributed by atoms with Crippen LogP contribution in [-0.4, -0.2) is 40.8 Å². The smallest absolute Gasteiger partial charge is 0.291 e. The van der Waals surface area contributed by atoms with Gasteiger partial charge in [-0.2, -0.15) is 0 Å². The Kier molecular flexibility index (Phi) is 7.12. The maximum atomic E-state index is 13.4. The van der Waals surface area contributed by atoms with E-state index in [1.165, 1.54) is 16.8 Å². The molecular formula is C15H21ClFN5O. The average Bonchev–Trinajstić information content (AvgIpc) is 2.93. The zero-order chi connectivity index (χ0) is 16.1. The molecule has 1 amide bonds. The van der Waals surface area contributed by atoms with Crippen LogP contribution in [0.2, 0.25) is 0 Å². The quantitative estimate of drug-likeness (QED) is 0.787. The third-order valence-corrected chi connectivity index (χ3v) is 3.06. The second kappa shape index (κ2) is 8.59. The molecule has 8 heteroatoms. The minimum atomic E-state index is -0.359. The molecule has 1 heterocycles. The lowest BCUT2D eigenvalue weighted by atomic mass is 10.2. The summed E-state index contributed by atoms with van der Waals surface area (Å²) in [6.45, 7) is 5.04. The molecule has 126 valence electrons. The van der Waals surface area contributed by atoms with Gasteiger partial charge in [-0.15, -0.1) is 17.5 Å². The Labute approximate surface area is 140 Å². The van der Waals surface area contributed by atoms with Crippen LogP contribution in [0.25, 0.3) is 5.69 Å². The van der Waals surface area contributed by atoms with Gasteiger partial charge in [-0.05, 0) is 25.2 Å². The molecule has 2 aromatic rings. The van der Waals surface area contributed by atoms with E-state index < -0.39 is 0 Å². The van der Waals surface area contributed by atoms with Crippen LogP contribution in [-0.2, 0) is 0 Å². The van der Waals surface area contributed by atoms with E-state index in [1.807, 2.05) is 13.8 Å². The van der Waals surface area contributed by atoms with E-state index in [9.17, 15) is 9.18 Å². The number of hydrogen-bond donors (Lipinski definition) is 2. The Balaban J connectivity index is 0.00000264. The Morgan fingerprint density at radius 3 is 2.70 bits per heavy atom. The molecule has 6 nitrogen and oxygen atoms in total. The molecule has 2 rings (SSSR count). The van der Waals surface area contributed by atoms with Crippen molar-refractivity contribution in [2.75, 3.05) is 20.1 Å². The van der Waals surface area contributed by atoms with Gasteiger partial charge < -0.3 is 10.6 Å². The summed E-state index contributed by atoms with van der Waals surface area (Å²) in [5.41, 5.74) is 0.547. The molecular weight excluding hydrogens is 321 g/mol. The number of halogens is 2. The Morgan fingerprint density at radius 2 is 2.09 bits per heavy atom. The summed E-state index contributed by atoms with van der Waals surface area (Å²) in [5.74, 6) is 0.0538. The van der Waals surface area contributed by atoms with E-state index in [2.05, 4.69) is 20.7 Å². The van der Waals surface area contributed by atoms with E-state index in [-0.39, 0.29) is 35.9 Å². The van der Waals surface area contributed by atoms with Gasteiger partial charge >= 0.3 is 0 Å². The Bertz CT molecular complexity index is 659. The second-order valence-corrected chi connectivity index (χ2v) is 5.20. The van der Waals surface area contributed by atoms with Crippen molar-refractivity contribution in [1.82, 2.24) is 25.4 Å². The van der Waals surface area contributed by atoms with Crippen LogP contribution in [0.1, 0.15) is 36.2 Å². The normalized spacial score (nSPS) is 10.5. The molecule has 0 aliphatic heterocycles. The van der Waals surface area contributed by atoms with Crippen molar-refractivity contribution >= 4 is 18.3 Å². The van der Waals surface area contributed by atoms with E-state index >= 15 is 0 Å². The first-order chi connectivity index (χ1) is 10.5.